The summed E-state index contributed by atoms with van der Waals surface area (Å²) >= 11 is 0. The molecule has 1 saturated heterocycles. The topological polar surface area (TPSA) is 75.6 Å². The third kappa shape index (κ3) is 3.23. The van der Waals surface area contributed by atoms with Crippen molar-refractivity contribution < 1.29 is 8.91 Å². The van der Waals surface area contributed by atoms with Gasteiger partial charge in [-0.25, -0.2) is 4.39 Å². The fourth-order valence-electron chi connectivity index (χ4n) is 3.55. The van der Waals surface area contributed by atoms with Gasteiger partial charge in [0.05, 0.1) is 6.20 Å². The minimum Gasteiger partial charge on any atom is -0.361 e. The first-order valence-corrected chi connectivity index (χ1v) is 9.42. The molecule has 148 valence electrons. The van der Waals surface area contributed by atoms with Crippen molar-refractivity contribution >= 4 is 11.5 Å². The van der Waals surface area contributed by atoms with Crippen molar-refractivity contribution in [3.05, 3.63) is 59.7 Å². The Morgan fingerprint density at radius 2 is 2.07 bits per heavy atom. The highest BCUT2D eigenvalue weighted by atomic mass is 19.1. The molecule has 5 rings (SSSR count). The van der Waals surface area contributed by atoms with Crippen LogP contribution in [0.4, 0.5) is 10.2 Å². The van der Waals surface area contributed by atoms with Gasteiger partial charge < -0.3 is 9.42 Å². The largest absolute Gasteiger partial charge is 0.361 e. The number of hydrogen-bond donors (Lipinski definition) is 0. The predicted octanol–water partition coefficient (Wildman–Crippen LogP) is 2.55. The van der Waals surface area contributed by atoms with E-state index in [1.165, 1.54) is 12.1 Å². The Morgan fingerprint density at radius 3 is 2.83 bits per heavy atom. The first-order valence-electron chi connectivity index (χ1n) is 9.42. The Kier molecular flexibility index (Phi) is 4.24. The van der Waals surface area contributed by atoms with Gasteiger partial charge in [-0.3, -0.25) is 4.90 Å². The van der Waals surface area contributed by atoms with Crippen LogP contribution in [0, 0.1) is 12.7 Å². The van der Waals surface area contributed by atoms with Gasteiger partial charge in [-0.2, -0.15) is 4.52 Å². The zero-order valence-electron chi connectivity index (χ0n) is 16.2. The lowest BCUT2D eigenvalue weighted by Gasteiger charge is -2.44. The predicted molar refractivity (Wildman–Crippen MR) is 105 cm³/mol. The lowest BCUT2D eigenvalue weighted by atomic mass is 10.1. The normalized spacial score (nSPS) is 14.7. The van der Waals surface area contributed by atoms with Crippen molar-refractivity contribution in [2.45, 2.75) is 19.5 Å². The van der Waals surface area contributed by atoms with Gasteiger partial charge in [-0.05, 0) is 38.2 Å². The Morgan fingerprint density at radius 1 is 1.21 bits per heavy atom. The summed E-state index contributed by atoms with van der Waals surface area (Å²) in [6.45, 7) is 4.47. The molecule has 0 unspecified atom stereocenters. The number of aryl methyl sites for hydroxylation is 1. The van der Waals surface area contributed by atoms with Gasteiger partial charge in [0.2, 0.25) is 0 Å². The van der Waals surface area contributed by atoms with Crippen LogP contribution >= 0.6 is 0 Å². The van der Waals surface area contributed by atoms with Crippen molar-refractivity contribution in [1.29, 1.82) is 0 Å². The highest BCUT2D eigenvalue weighted by Gasteiger charge is 2.31. The van der Waals surface area contributed by atoms with Gasteiger partial charge in [-0.1, -0.05) is 17.3 Å². The van der Waals surface area contributed by atoms with E-state index in [0.717, 1.165) is 36.8 Å². The highest BCUT2D eigenvalue weighted by molar-refractivity contribution is 5.60. The van der Waals surface area contributed by atoms with Gasteiger partial charge >= 0.3 is 0 Å². The van der Waals surface area contributed by atoms with E-state index in [-0.39, 0.29) is 5.82 Å². The van der Waals surface area contributed by atoms with Crippen LogP contribution < -0.4 is 4.90 Å². The quantitative estimate of drug-likeness (QED) is 0.516. The second-order valence-corrected chi connectivity index (χ2v) is 7.38. The number of fused-ring (bicyclic) bond motifs is 1. The Hall–Kier alpha value is -3.33. The molecular formula is C20H20FN7O. The van der Waals surface area contributed by atoms with E-state index in [2.05, 4.69) is 32.2 Å². The third-order valence-corrected chi connectivity index (χ3v) is 5.41. The van der Waals surface area contributed by atoms with Gasteiger partial charge in [-0.15, -0.1) is 15.3 Å². The number of nitrogens with zero attached hydrogens (tertiary/aromatic N) is 7. The first-order chi connectivity index (χ1) is 14.1. The maximum absolute atomic E-state index is 13.6. The van der Waals surface area contributed by atoms with E-state index < -0.39 is 0 Å². The van der Waals surface area contributed by atoms with E-state index in [9.17, 15) is 4.39 Å². The molecule has 0 atom stereocenters. The molecule has 0 saturated carbocycles. The average molecular weight is 393 g/mol. The lowest BCUT2D eigenvalue weighted by molar-refractivity contribution is 0.195. The van der Waals surface area contributed by atoms with Crippen LogP contribution in [0.1, 0.15) is 11.3 Å². The fraction of sp³-hybridized carbons (Fsp3) is 0.300. The summed E-state index contributed by atoms with van der Waals surface area (Å²) in [6, 6.07) is 10.5. The molecule has 0 spiro atoms. The van der Waals surface area contributed by atoms with Crippen LogP contribution in [-0.2, 0) is 6.54 Å². The molecule has 3 aromatic heterocycles. The molecule has 29 heavy (non-hydrogen) atoms. The van der Waals surface area contributed by atoms with E-state index in [1.807, 2.05) is 19.1 Å². The Bertz CT molecular complexity index is 1160. The van der Waals surface area contributed by atoms with Crippen LogP contribution in [0.3, 0.4) is 0 Å². The average Bonchev–Trinajstić information content (AvgIpc) is 3.26. The van der Waals surface area contributed by atoms with Crippen LogP contribution in [0.15, 0.2) is 47.1 Å². The summed E-state index contributed by atoms with van der Waals surface area (Å²) in [5.41, 5.74) is 2.38. The number of hydrogen-bond acceptors (Lipinski definition) is 7. The monoisotopic (exact) mass is 393 g/mol. The number of anilines is 1. The summed E-state index contributed by atoms with van der Waals surface area (Å²) in [4.78, 5) is 4.50. The Balaban J connectivity index is 1.33. The molecule has 4 aromatic rings. The van der Waals surface area contributed by atoms with Crippen molar-refractivity contribution in [3.63, 3.8) is 0 Å². The SMILES string of the molecule is Cc1oncc1CN(C)C1CN(c2ccc3nnc(-c4cccc(F)c4)n3n2)C1. The van der Waals surface area contributed by atoms with E-state index in [4.69, 9.17) is 9.62 Å². The molecule has 1 aliphatic rings. The Labute approximate surface area is 166 Å². The number of rotatable bonds is 5. The molecule has 0 N–H and O–H groups in total. The van der Waals surface area contributed by atoms with Crippen LogP contribution in [0.25, 0.3) is 17.0 Å². The highest BCUT2D eigenvalue weighted by Crippen LogP contribution is 2.25. The summed E-state index contributed by atoms with van der Waals surface area (Å²) in [6.07, 6.45) is 1.78. The molecule has 0 bridgehead atoms. The van der Waals surface area contributed by atoms with E-state index >= 15 is 0 Å². The summed E-state index contributed by atoms with van der Waals surface area (Å²) in [5, 5.41) is 16.9. The molecule has 0 aliphatic carbocycles. The second kappa shape index (κ2) is 6.93. The van der Waals surface area contributed by atoms with Gasteiger partial charge in [0, 0.05) is 36.8 Å². The number of likely N-dealkylation sites (N-methyl/N-ethyl adjacent to an activating group) is 1. The smallest absolute Gasteiger partial charge is 0.185 e. The number of benzene rings is 1. The molecule has 9 heteroatoms. The summed E-state index contributed by atoms with van der Waals surface area (Å²) < 4.78 is 20.4. The second-order valence-electron chi connectivity index (χ2n) is 7.38. The van der Waals surface area contributed by atoms with Gasteiger partial charge in [0.25, 0.3) is 0 Å². The minimum atomic E-state index is -0.313. The molecule has 1 aromatic carbocycles. The van der Waals surface area contributed by atoms with Crippen molar-refractivity contribution in [2.24, 2.45) is 0 Å². The summed E-state index contributed by atoms with van der Waals surface area (Å²) in [5.74, 6) is 1.92. The van der Waals surface area contributed by atoms with Crippen LogP contribution in [0.5, 0.6) is 0 Å². The van der Waals surface area contributed by atoms with Crippen molar-refractivity contribution in [3.8, 4) is 11.4 Å². The summed E-state index contributed by atoms with van der Waals surface area (Å²) in [7, 11) is 2.10. The first kappa shape index (κ1) is 17.7. The van der Waals surface area contributed by atoms with Crippen LogP contribution in [0.2, 0.25) is 0 Å². The maximum Gasteiger partial charge on any atom is 0.185 e. The zero-order chi connectivity index (χ0) is 20.0. The molecule has 1 aliphatic heterocycles. The molecule has 4 heterocycles. The minimum absolute atomic E-state index is 0.313. The molecular weight excluding hydrogens is 373 g/mol. The number of halogens is 1. The molecule has 1 fully saturated rings. The molecule has 8 nitrogen and oxygen atoms in total. The van der Waals surface area contributed by atoms with E-state index in [1.54, 1.807) is 22.8 Å². The molecule has 0 amide bonds. The maximum atomic E-state index is 13.6. The van der Waals surface area contributed by atoms with E-state index in [0.29, 0.717) is 23.1 Å². The zero-order valence-corrected chi connectivity index (χ0v) is 16.2. The third-order valence-electron chi connectivity index (χ3n) is 5.41. The van der Waals surface area contributed by atoms with Crippen molar-refractivity contribution in [2.75, 3.05) is 25.0 Å². The van der Waals surface area contributed by atoms with Crippen molar-refractivity contribution in [1.82, 2.24) is 29.9 Å². The fourth-order valence-corrected chi connectivity index (χ4v) is 3.55. The number of aromatic nitrogens is 5. The lowest BCUT2D eigenvalue weighted by Crippen LogP contribution is -2.58. The van der Waals surface area contributed by atoms with Gasteiger partial charge in [0.1, 0.15) is 17.4 Å². The van der Waals surface area contributed by atoms with Crippen LogP contribution in [-0.4, -0.2) is 56.0 Å². The molecule has 0 radical (unpaired) electrons. The standard InChI is InChI=1S/C20H20FN7O/c1-13-15(9-22-29-13)10-26(2)17-11-27(12-17)19-7-6-18-23-24-20(28(18)25-19)14-4-3-5-16(21)8-14/h3-9,17H,10-12H2,1-2H3. The van der Waals surface area contributed by atoms with Gasteiger partial charge in [0.15, 0.2) is 11.5 Å².